The molecule has 0 spiro atoms. The number of rotatable bonds is 2. The van der Waals surface area contributed by atoms with Crippen molar-refractivity contribution >= 4 is 34.4 Å². The number of nitrogens with one attached hydrogen (secondary N) is 1. The second-order valence-corrected chi connectivity index (χ2v) is 6.14. The molecule has 0 saturated carbocycles. The number of fused-ring (bicyclic) bond motifs is 1. The zero-order valence-corrected chi connectivity index (χ0v) is 14.0. The van der Waals surface area contributed by atoms with E-state index >= 15 is 0 Å². The van der Waals surface area contributed by atoms with Gasteiger partial charge in [0.25, 0.3) is 5.56 Å². The first-order chi connectivity index (χ1) is 11.2. The van der Waals surface area contributed by atoms with Crippen LogP contribution in [-0.2, 0) is 6.18 Å². The Hall–Kier alpha value is -2.00. The van der Waals surface area contributed by atoms with Crippen molar-refractivity contribution in [3.05, 3.63) is 45.0 Å². The van der Waals surface area contributed by atoms with E-state index < -0.39 is 17.3 Å². The third-order valence-corrected chi connectivity index (χ3v) is 4.31. The molecule has 1 aromatic carbocycles. The third kappa shape index (κ3) is 2.78. The molecule has 24 heavy (non-hydrogen) atoms. The molecular formula is C14H10ClF3N4OS. The molecule has 0 atom stereocenters. The highest BCUT2D eigenvalue weighted by Gasteiger charge is 2.31. The molecule has 0 fully saturated rings. The van der Waals surface area contributed by atoms with Crippen LogP contribution in [0.3, 0.4) is 0 Å². The summed E-state index contributed by atoms with van der Waals surface area (Å²) in [5, 5.41) is 4.84. The zero-order valence-electron chi connectivity index (χ0n) is 12.4. The number of aromatic amines is 1. The summed E-state index contributed by atoms with van der Waals surface area (Å²) in [5.74, 6) is 0.324. The SMILES string of the molecule is CSc1nn(-c2cc(C(F)(F)F)ccc2Cl)c2nc(C)[nH]c(=O)c12. The third-order valence-electron chi connectivity index (χ3n) is 3.32. The summed E-state index contributed by atoms with van der Waals surface area (Å²) in [7, 11) is 0. The molecule has 126 valence electrons. The predicted octanol–water partition coefficient (Wildman–Crippen LogP) is 3.81. The van der Waals surface area contributed by atoms with E-state index in [1.807, 2.05) is 0 Å². The fraction of sp³-hybridized carbons (Fsp3) is 0.214. The van der Waals surface area contributed by atoms with E-state index in [1.165, 1.54) is 16.4 Å². The van der Waals surface area contributed by atoms with Crippen LogP contribution in [0.5, 0.6) is 0 Å². The van der Waals surface area contributed by atoms with Crippen molar-refractivity contribution in [2.45, 2.75) is 18.1 Å². The van der Waals surface area contributed by atoms with Gasteiger partial charge in [-0.05, 0) is 31.4 Å². The number of aryl methyl sites for hydroxylation is 1. The number of halogens is 4. The number of benzene rings is 1. The second kappa shape index (κ2) is 5.82. The van der Waals surface area contributed by atoms with E-state index in [0.29, 0.717) is 10.9 Å². The first kappa shape index (κ1) is 16.8. The van der Waals surface area contributed by atoms with Gasteiger partial charge >= 0.3 is 6.18 Å². The predicted molar refractivity (Wildman–Crippen MR) is 86.0 cm³/mol. The van der Waals surface area contributed by atoms with Crippen molar-refractivity contribution in [1.29, 1.82) is 0 Å². The lowest BCUT2D eigenvalue weighted by molar-refractivity contribution is -0.137. The number of alkyl halides is 3. The van der Waals surface area contributed by atoms with E-state index in [9.17, 15) is 18.0 Å². The van der Waals surface area contributed by atoms with Gasteiger partial charge in [0, 0.05) is 0 Å². The molecule has 0 aliphatic carbocycles. The Labute approximate surface area is 142 Å². The summed E-state index contributed by atoms with van der Waals surface area (Å²) in [6.07, 6.45) is -2.81. The smallest absolute Gasteiger partial charge is 0.310 e. The summed E-state index contributed by atoms with van der Waals surface area (Å²) >= 11 is 7.26. The van der Waals surface area contributed by atoms with Crippen LogP contribution in [-0.4, -0.2) is 26.0 Å². The molecule has 2 heterocycles. The van der Waals surface area contributed by atoms with Gasteiger partial charge in [-0.15, -0.1) is 11.8 Å². The number of aromatic nitrogens is 4. The van der Waals surface area contributed by atoms with E-state index in [4.69, 9.17) is 11.6 Å². The van der Waals surface area contributed by atoms with Crippen molar-refractivity contribution < 1.29 is 13.2 Å². The van der Waals surface area contributed by atoms with E-state index in [0.717, 1.165) is 18.2 Å². The molecule has 0 aliphatic rings. The van der Waals surface area contributed by atoms with Crippen LogP contribution in [0.2, 0.25) is 5.02 Å². The number of H-pyrrole nitrogens is 1. The summed E-state index contributed by atoms with van der Waals surface area (Å²) in [4.78, 5) is 18.9. The maximum Gasteiger partial charge on any atom is 0.416 e. The van der Waals surface area contributed by atoms with Crippen molar-refractivity contribution in [1.82, 2.24) is 19.7 Å². The lowest BCUT2D eigenvalue weighted by Crippen LogP contribution is -2.11. The maximum absolute atomic E-state index is 13.0. The fourth-order valence-electron chi connectivity index (χ4n) is 2.27. The number of thioether (sulfide) groups is 1. The number of nitrogens with zero attached hydrogens (tertiary/aromatic N) is 3. The molecule has 0 bridgehead atoms. The Morgan fingerprint density at radius 1 is 1.33 bits per heavy atom. The van der Waals surface area contributed by atoms with Gasteiger partial charge in [0.15, 0.2) is 5.65 Å². The van der Waals surface area contributed by atoms with Gasteiger partial charge in [-0.25, -0.2) is 9.67 Å². The molecule has 3 rings (SSSR count). The van der Waals surface area contributed by atoms with Crippen LogP contribution < -0.4 is 5.56 Å². The average molecular weight is 375 g/mol. The summed E-state index contributed by atoms with van der Waals surface area (Å²) in [6.45, 7) is 1.57. The minimum absolute atomic E-state index is 0.00860. The van der Waals surface area contributed by atoms with Crippen molar-refractivity contribution in [3.63, 3.8) is 0 Å². The topological polar surface area (TPSA) is 63.6 Å². The molecule has 0 unspecified atom stereocenters. The quantitative estimate of drug-likeness (QED) is 0.693. The highest BCUT2D eigenvalue weighted by Crippen LogP contribution is 2.34. The summed E-state index contributed by atoms with van der Waals surface area (Å²) < 4.78 is 40.1. The first-order valence-electron chi connectivity index (χ1n) is 6.63. The van der Waals surface area contributed by atoms with Crippen LogP contribution in [0.25, 0.3) is 16.7 Å². The fourth-order valence-corrected chi connectivity index (χ4v) is 3.02. The monoisotopic (exact) mass is 374 g/mol. The van der Waals surface area contributed by atoms with Crippen molar-refractivity contribution in [2.75, 3.05) is 6.26 Å². The molecule has 0 radical (unpaired) electrons. The van der Waals surface area contributed by atoms with Crippen molar-refractivity contribution in [3.8, 4) is 5.69 Å². The molecule has 0 amide bonds. The Bertz CT molecular complexity index is 996. The van der Waals surface area contributed by atoms with Gasteiger partial charge in [-0.1, -0.05) is 11.6 Å². The Balaban J connectivity index is 2.37. The first-order valence-corrected chi connectivity index (χ1v) is 8.23. The van der Waals surface area contributed by atoms with Gasteiger partial charge in [0.05, 0.1) is 16.3 Å². The van der Waals surface area contributed by atoms with Crippen molar-refractivity contribution in [2.24, 2.45) is 0 Å². The van der Waals surface area contributed by atoms with Crippen LogP contribution in [0.1, 0.15) is 11.4 Å². The van der Waals surface area contributed by atoms with Gasteiger partial charge < -0.3 is 4.98 Å². The Kier molecular flexibility index (Phi) is 4.08. The van der Waals surface area contributed by atoms with Crippen LogP contribution in [0.4, 0.5) is 13.2 Å². The zero-order chi connectivity index (χ0) is 17.6. The van der Waals surface area contributed by atoms with Crippen LogP contribution in [0, 0.1) is 6.92 Å². The maximum atomic E-state index is 13.0. The molecule has 0 aliphatic heterocycles. The van der Waals surface area contributed by atoms with Gasteiger partial charge in [-0.3, -0.25) is 4.79 Å². The molecule has 1 N–H and O–H groups in total. The molecule has 2 aromatic heterocycles. The lowest BCUT2D eigenvalue weighted by Gasteiger charge is -2.11. The minimum Gasteiger partial charge on any atom is -0.310 e. The molecule has 3 aromatic rings. The standard InChI is InChI=1S/C14H10ClF3N4OS/c1-6-19-11-10(12(23)20-6)13(24-2)21-22(11)9-5-7(14(16,17)18)3-4-8(9)15/h3-5H,1-2H3,(H,19,20,23). The second-order valence-electron chi connectivity index (χ2n) is 4.93. The van der Waals surface area contributed by atoms with Gasteiger partial charge in [0.2, 0.25) is 0 Å². The normalized spacial score (nSPS) is 12.1. The Morgan fingerprint density at radius 3 is 2.67 bits per heavy atom. The Morgan fingerprint density at radius 2 is 2.04 bits per heavy atom. The average Bonchev–Trinajstić information content (AvgIpc) is 2.85. The number of hydrogen-bond donors (Lipinski definition) is 1. The van der Waals surface area contributed by atoms with E-state index in [1.54, 1.807) is 13.2 Å². The lowest BCUT2D eigenvalue weighted by atomic mass is 10.2. The van der Waals surface area contributed by atoms with Gasteiger partial charge in [0.1, 0.15) is 16.2 Å². The molecule has 5 nitrogen and oxygen atoms in total. The minimum atomic E-state index is -4.52. The van der Waals surface area contributed by atoms with E-state index in [-0.39, 0.29) is 21.7 Å². The highest BCUT2D eigenvalue weighted by molar-refractivity contribution is 7.98. The van der Waals surface area contributed by atoms with Crippen LogP contribution in [0.15, 0.2) is 28.0 Å². The summed E-state index contributed by atoms with van der Waals surface area (Å²) in [6, 6.07) is 2.92. The van der Waals surface area contributed by atoms with Crippen LogP contribution >= 0.6 is 23.4 Å². The number of hydrogen-bond acceptors (Lipinski definition) is 4. The summed E-state index contributed by atoms with van der Waals surface area (Å²) in [5.41, 5.74) is -1.11. The largest absolute Gasteiger partial charge is 0.416 e. The molecule has 0 saturated heterocycles. The van der Waals surface area contributed by atoms with Gasteiger partial charge in [-0.2, -0.15) is 18.3 Å². The van der Waals surface area contributed by atoms with E-state index in [2.05, 4.69) is 15.1 Å². The molecular weight excluding hydrogens is 365 g/mol. The molecule has 10 heteroatoms. The highest BCUT2D eigenvalue weighted by atomic mass is 35.5.